The molecule has 0 bridgehead atoms. The molecule has 5 rings (SSSR count). The Morgan fingerprint density at radius 1 is 0.913 bits per heavy atom. The molecule has 3 aromatic carbocycles. The monoisotopic (exact) mass is 680 g/mol. The summed E-state index contributed by atoms with van der Waals surface area (Å²) >= 11 is 12.5. The van der Waals surface area contributed by atoms with Crippen molar-refractivity contribution in [1.82, 2.24) is 15.1 Å². The van der Waals surface area contributed by atoms with Gasteiger partial charge in [-0.25, -0.2) is 9.59 Å². The number of aliphatic imine (C=N–C) groups is 1. The number of urea groups is 1. The highest BCUT2D eigenvalue weighted by Gasteiger charge is 2.44. The van der Waals surface area contributed by atoms with Crippen LogP contribution in [0, 0.1) is 0 Å². The van der Waals surface area contributed by atoms with Crippen LogP contribution in [0.4, 0.5) is 18.0 Å². The lowest BCUT2D eigenvalue weighted by Crippen LogP contribution is -2.53. The number of hydrogen-bond acceptors (Lipinski definition) is 6. The minimum absolute atomic E-state index is 0.0944. The molecule has 0 aromatic heterocycles. The summed E-state index contributed by atoms with van der Waals surface area (Å²) in [5.41, 5.74) is 2.63. The van der Waals surface area contributed by atoms with Gasteiger partial charge in [0.05, 0.1) is 24.8 Å². The molecule has 2 atom stereocenters. The molecule has 46 heavy (non-hydrogen) atoms. The first-order valence-corrected chi connectivity index (χ1v) is 15.3. The normalized spacial score (nSPS) is 17.9. The zero-order chi connectivity index (χ0) is 33.4. The molecule has 0 radical (unpaired) electrons. The minimum Gasteiger partial charge on any atom is -0.494 e. The van der Waals surface area contributed by atoms with E-state index >= 15 is 0 Å². The van der Waals surface area contributed by atoms with E-state index < -0.39 is 18.2 Å². The van der Waals surface area contributed by atoms with Crippen LogP contribution in [0.15, 0.2) is 71.7 Å². The van der Waals surface area contributed by atoms with Gasteiger partial charge in [0.15, 0.2) is 0 Å². The Bertz CT molecular complexity index is 1530. The number of hydrogen-bond donors (Lipinski definition) is 2. The Hall–Kier alpha value is -4.00. The highest BCUT2D eigenvalue weighted by Crippen LogP contribution is 2.45. The van der Waals surface area contributed by atoms with E-state index in [1.807, 2.05) is 90.4 Å². The number of halogens is 5. The van der Waals surface area contributed by atoms with Crippen molar-refractivity contribution in [3.8, 4) is 11.5 Å². The van der Waals surface area contributed by atoms with Crippen LogP contribution < -0.4 is 14.8 Å². The number of amides is 2. The van der Waals surface area contributed by atoms with Crippen LogP contribution in [0.2, 0.25) is 10.0 Å². The highest BCUT2D eigenvalue weighted by molar-refractivity contribution is 6.30. The van der Waals surface area contributed by atoms with Gasteiger partial charge in [-0.15, -0.1) is 0 Å². The van der Waals surface area contributed by atoms with E-state index in [0.717, 1.165) is 29.8 Å². The third kappa shape index (κ3) is 8.42. The van der Waals surface area contributed by atoms with Gasteiger partial charge in [0.2, 0.25) is 0 Å². The van der Waals surface area contributed by atoms with Crippen LogP contribution >= 0.6 is 23.2 Å². The maximum absolute atomic E-state index is 14.3. The molecule has 0 aliphatic carbocycles. The summed E-state index contributed by atoms with van der Waals surface area (Å²) in [6, 6.07) is 20.1. The van der Waals surface area contributed by atoms with Gasteiger partial charge in [-0.3, -0.25) is 9.89 Å². The van der Waals surface area contributed by atoms with E-state index in [-0.39, 0.29) is 12.1 Å². The summed E-state index contributed by atoms with van der Waals surface area (Å²) < 4.78 is 43.5. The second kappa shape index (κ2) is 15.5. The van der Waals surface area contributed by atoms with Crippen LogP contribution in [0.5, 0.6) is 11.5 Å². The van der Waals surface area contributed by atoms with Gasteiger partial charge in [0.25, 0.3) is 0 Å². The fraction of sp³-hybridized carbons (Fsp3) is 0.344. The number of nitrogens with one attached hydrogen (secondary N) is 1. The quantitative estimate of drug-likeness (QED) is 0.279. The van der Waals surface area contributed by atoms with Crippen molar-refractivity contribution in [3.05, 3.63) is 93.5 Å². The van der Waals surface area contributed by atoms with Crippen LogP contribution in [0.25, 0.3) is 0 Å². The second-order valence-electron chi connectivity index (χ2n) is 10.2. The lowest BCUT2D eigenvalue weighted by atomic mass is 9.93. The number of nitrogens with zero attached hydrogens (tertiary/aromatic N) is 3. The van der Waals surface area contributed by atoms with Gasteiger partial charge in [0, 0.05) is 42.3 Å². The SMILES string of the molecule is CCOc1ccc(C2=NC(c3ccc(Cl)cc3)C(c3ccc(Cl)cc3)N2C(=O)N2CCNCC2)c(OCC)c1.O=C(O)C(F)(F)F. The van der Waals surface area contributed by atoms with E-state index in [4.69, 9.17) is 47.6 Å². The van der Waals surface area contributed by atoms with Gasteiger partial charge in [-0.05, 0) is 61.4 Å². The number of piperazine rings is 1. The van der Waals surface area contributed by atoms with Crippen LogP contribution in [-0.4, -0.2) is 78.3 Å². The molecule has 14 heteroatoms. The largest absolute Gasteiger partial charge is 0.494 e. The van der Waals surface area contributed by atoms with Crippen molar-refractivity contribution in [1.29, 1.82) is 0 Å². The molecule has 1 fully saturated rings. The first-order chi connectivity index (χ1) is 21.9. The number of aliphatic carboxylic acids is 1. The third-order valence-corrected chi connectivity index (χ3v) is 7.63. The molecule has 3 aromatic rings. The Morgan fingerprint density at radius 3 is 1.98 bits per heavy atom. The zero-order valence-electron chi connectivity index (χ0n) is 25.1. The molecule has 2 unspecified atom stereocenters. The second-order valence-corrected chi connectivity index (χ2v) is 11.0. The third-order valence-electron chi connectivity index (χ3n) is 7.13. The molecule has 2 aliphatic heterocycles. The average molecular weight is 682 g/mol. The number of carboxylic acid groups (broad SMARTS) is 1. The zero-order valence-corrected chi connectivity index (χ0v) is 26.6. The fourth-order valence-electron chi connectivity index (χ4n) is 5.08. The standard InChI is InChI=1S/C30H32Cl2N4O3.C2HF3O2/c1-3-38-24-13-14-25(26(19-24)39-4-2)29-34-27(20-5-9-22(31)10-6-20)28(21-7-11-23(32)12-8-21)36(29)30(37)35-17-15-33-16-18-35;3-2(4,5)1(6)7/h5-14,19,27-28,33H,3-4,15-18H2,1-2H3;(H,6,7). The lowest BCUT2D eigenvalue weighted by molar-refractivity contribution is -0.192. The summed E-state index contributed by atoms with van der Waals surface area (Å²) in [5.74, 6) is -0.879. The number of ether oxygens (including phenoxy) is 2. The molecule has 2 amide bonds. The van der Waals surface area contributed by atoms with Crippen molar-refractivity contribution >= 4 is 41.0 Å². The van der Waals surface area contributed by atoms with Gasteiger partial charge in [-0.1, -0.05) is 47.5 Å². The van der Waals surface area contributed by atoms with Crippen molar-refractivity contribution in [2.45, 2.75) is 32.1 Å². The molecule has 2 heterocycles. The average Bonchev–Trinajstić information content (AvgIpc) is 3.42. The maximum atomic E-state index is 14.3. The van der Waals surface area contributed by atoms with Crippen molar-refractivity contribution in [2.24, 2.45) is 4.99 Å². The highest BCUT2D eigenvalue weighted by atomic mass is 35.5. The van der Waals surface area contributed by atoms with Crippen molar-refractivity contribution in [2.75, 3.05) is 39.4 Å². The van der Waals surface area contributed by atoms with E-state index in [1.165, 1.54) is 0 Å². The van der Waals surface area contributed by atoms with Crippen LogP contribution in [0.3, 0.4) is 0 Å². The van der Waals surface area contributed by atoms with E-state index in [0.29, 0.717) is 53.7 Å². The summed E-state index contributed by atoms with van der Waals surface area (Å²) in [6.45, 7) is 7.59. The Labute approximate surface area is 274 Å². The fourth-order valence-corrected chi connectivity index (χ4v) is 5.33. The van der Waals surface area contributed by atoms with Gasteiger partial charge in [0.1, 0.15) is 23.4 Å². The molecule has 0 saturated carbocycles. The molecular formula is C32H33Cl2F3N4O5. The molecule has 0 spiro atoms. The van der Waals surface area contributed by atoms with E-state index in [2.05, 4.69) is 5.32 Å². The smallest absolute Gasteiger partial charge is 0.490 e. The minimum atomic E-state index is -5.08. The molecular weight excluding hydrogens is 648 g/mol. The maximum Gasteiger partial charge on any atom is 0.490 e. The summed E-state index contributed by atoms with van der Waals surface area (Å²) in [4.78, 5) is 32.2. The van der Waals surface area contributed by atoms with Gasteiger partial charge in [-0.2, -0.15) is 13.2 Å². The van der Waals surface area contributed by atoms with E-state index in [9.17, 15) is 18.0 Å². The predicted molar refractivity (Wildman–Crippen MR) is 169 cm³/mol. The summed E-state index contributed by atoms with van der Waals surface area (Å²) in [6.07, 6.45) is -5.08. The number of rotatable bonds is 7. The molecule has 9 nitrogen and oxygen atoms in total. The van der Waals surface area contributed by atoms with Crippen LogP contribution in [0.1, 0.15) is 42.6 Å². The van der Waals surface area contributed by atoms with Crippen LogP contribution in [-0.2, 0) is 4.79 Å². The number of carbonyl (C=O) groups excluding carboxylic acids is 1. The summed E-state index contributed by atoms with van der Waals surface area (Å²) in [7, 11) is 0. The first kappa shape index (κ1) is 34.9. The predicted octanol–water partition coefficient (Wildman–Crippen LogP) is 6.99. The number of carbonyl (C=O) groups is 2. The van der Waals surface area contributed by atoms with Crippen molar-refractivity contribution in [3.63, 3.8) is 0 Å². The number of benzene rings is 3. The Kier molecular flexibility index (Phi) is 11.8. The van der Waals surface area contributed by atoms with Crippen molar-refractivity contribution < 1.29 is 37.3 Å². The van der Waals surface area contributed by atoms with Gasteiger partial charge < -0.3 is 24.8 Å². The number of amidine groups is 1. The Balaban J connectivity index is 0.000000617. The lowest BCUT2D eigenvalue weighted by Gasteiger charge is -2.36. The first-order valence-electron chi connectivity index (χ1n) is 14.5. The summed E-state index contributed by atoms with van der Waals surface area (Å²) in [5, 5.41) is 11.7. The van der Waals surface area contributed by atoms with Gasteiger partial charge >= 0.3 is 18.2 Å². The molecule has 2 aliphatic rings. The number of carboxylic acids is 1. The molecule has 1 saturated heterocycles. The number of alkyl halides is 3. The molecule has 2 N–H and O–H groups in total. The topological polar surface area (TPSA) is 104 Å². The van der Waals surface area contributed by atoms with E-state index in [1.54, 1.807) is 0 Å². The molecule has 246 valence electrons. The Morgan fingerprint density at radius 2 is 1.46 bits per heavy atom.